The first kappa shape index (κ1) is 11.2. The van der Waals surface area contributed by atoms with Crippen LogP contribution in [0.3, 0.4) is 0 Å². The minimum atomic E-state index is -0.274. The van der Waals surface area contributed by atoms with Gasteiger partial charge in [0.1, 0.15) is 5.82 Å². The Hall–Kier alpha value is -0.890. The van der Waals surface area contributed by atoms with E-state index in [9.17, 15) is 4.39 Å². The van der Waals surface area contributed by atoms with Crippen LogP contribution >= 0.6 is 0 Å². The molecule has 0 amide bonds. The molecule has 0 heterocycles. The van der Waals surface area contributed by atoms with Gasteiger partial charge in [-0.05, 0) is 43.9 Å². The summed E-state index contributed by atoms with van der Waals surface area (Å²) in [6.45, 7) is 7.80. The Morgan fingerprint density at radius 1 is 1.36 bits per heavy atom. The summed E-state index contributed by atoms with van der Waals surface area (Å²) >= 11 is 0. The van der Waals surface area contributed by atoms with Crippen molar-refractivity contribution in [2.75, 3.05) is 0 Å². The lowest BCUT2D eigenvalue weighted by atomic mass is 9.84. The van der Waals surface area contributed by atoms with Crippen LogP contribution in [0.1, 0.15) is 37.8 Å². The van der Waals surface area contributed by atoms with Crippen molar-refractivity contribution in [2.45, 2.75) is 39.2 Å². The van der Waals surface area contributed by atoms with Gasteiger partial charge in [-0.2, -0.15) is 0 Å². The number of halogens is 1. The third kappa shape index (κ3) is 2.32. The lowest BCUT2D eigenvalue weighted by Crippen LogP contribution is -2.37. The molecule has 1 aromatic carbocycles. The lowest BCUT2D eigenvalue weighted by Gasteiger charge is -2.27. The summed E-state index contributed by atoms with van der Waals surface area (Å²) < 4.78 is 13.0. The molecule has 0 aliphatic carbocycles. The van der Waals surface area contributed by atoms with Gasteiger partial charge in [0.15, 0.2) is 0 Å². The smallest absolute Gasteiger partial charge is 0.126 e. The normalized spacial score (nSPS) is 14.1. The van der Waals surface area contributed by atoms with Crippen molar-refractivity contribution in [1.82, 2.24) is 0 Å². The number of hydrogen-bond acceptors (Lipinski definition) is 1. The highest BCUT2D eigenvalue weighted by molar-refractivity contribution is 5.28. The van der Waals surface area contributed by atoms with Crippen molar-refractivity contribution >= 4 is 0 Å². The lowest BCUT2D eigenvalue weighted by molar-refractivity contribution is 0.434. The van der Waals surface area contributed by atoms with Crippen LogP contribution in [-0.2, 0) is 0 Å². The predicted octanol–water partition coefficient (Wildman–Crippen LogP) is 2.97. The van der Waals surface area contributed by atoms with Crippen molar-refractivity contribution in [3.05, 3.63) is 35.1 Å². The van der Waals surface area contributed by atoms with Crippen molar-refractivity contribution in [3.8, 4) is 0 Å². The predicted molar refractivity (Wildman–Crippen MR) is 57.8 cm³/mol. The highest BCUT2D eigenvalue weighted by atomic mass is 19.1. The van der Waals surface area contributed by atoms with E-state index in [-0.39, 0.29) is 17.3 Å². The summed E-state index contributed by atoms with van der Waals surface area (Å²) in [5.74, 6) is 0.0672. The highest BCUT2D eigenvalue weighted by Gasteiger charge is 2.22. The molecule has 1 nitrogen and oxygen atoms in total. The van der Waals surface area contributed by atoms with Gasteiger partial charge in [-0.1, -0.05) is 19.1 Å². The van der Waals surface area contributed by atoms with Crippen LogP contribution in [-0.4, -0.2) is 5.54 Å². The van der Waals surface area contributed by atoms with Gasteiger partial charge in [-0.25, -0.2) is 4.39 Å². The van der Waals surface area contributed by atoms with Crippen molar-refractivity contribution < 1.29 is 4.39 Å². The molecule has 0 spiro atoms. The van der Waals surface area contributed by atoms with E-state index in [0.29, 0.717) is 5.56 Å². The Bertz CT molecular complexity index is 326. The fourth-order valence-electron chi connectivity index (χ4n) is 1.37. The maximum atomic E-state index is 13.0. The van der Waals surface area contributed by atoms with Gasteiger partial charge in [-0.15, -0.1) is 0 Å². The van der Waals surface area contributed by atoms with Crippen molar-refractivity contribution in [1.29, 1.82) is 0 Å². The monoisotopic (exact) mass is 195 g/mol. The minimum Gasteiger partial charge on any atom is -0.325 e. The van der Waals surface area contributed by atoms with Crippen molar-refractivity contribution in [2.24, 2.45) is 5.73 Å². The summed E-state index contributed by atoms with van der Waals surface area (Å²) in [4.78, 5) is 0. The summed E-state index contributed by atoms with van der Waals surface area (Å²) in [7, 11) is 0. The zero-order valence-electron chi connectivity index (χ0n) is 9.26. The topological polar surface area (TPSA) is 26.0 Å². The van der Waals surface area contributed by atoms with E-state index in [0.717, 1.165) is 5.56 Å². The van der Waals surface area contributed by atoms with Crippen LogP contribution in [0, 0.1) is 12.7 Å². The van der Waals surface area contributed by atoms with Crippen LogP contribution in [0.2, 0.25) is 0 Å². The average molecular weight is 195 g/mol. The van der Waals surface area contributed by atoms with E-state index >= 15 is 0 Å². The largest absolute Gasteiger partial charge is 0.325 e. The summed E-state index contributed by atoms with van der Waals surface area (Å²) in [6.07, 6.45) is 0. The van der Waals surface area contributed by atoms with E-state index in [4.69, 9.17) is 5.73 Å². The van der Waals surface area contributed by atoms with Crippen LogP contribution < -0.4 is 5.73 Å². The minimum absolute atomic E-state index is 0.157. The second-order valence-electron chi connectivity index (χ2n) is 4.55. The van der Waals surface area contributed by atoms with Crippen LogP contribution in [0.5, 0.6) is 0 Å². The summed E-state index contributed by atoms with van der Waals surface area (Å²) in [6, 6.07) is 5.18. The molecule has 0 saturated heterocycles. The van der Waals surface area contributed by atoms with E-state index in [1.807, 2.05) is 26.0 Å². The fraction of sp³-hybridized carbons (Fsp3) is 0.500. The van der Waals surface area contributed by atoms with E-state index in [1.54, 1.807) is 6.92 Å². The van der Waals surface area contributed by atoms with Crippen LogP contribution in [0.15, 0.2) is 18.2 Å². The number of nitrogens with two attached hydrogens (primary N) is 1. The van der Waals surface area contributed by atoms with E-state index in [1.165, 1.54) is 6.07 Å². The Kier molecular flexibility index (Phi) is 2.95. The number of hydrogen-bond donors (Lipinski definition) is 1. The number of benzene rings is 1. The van der Waals surface area contributed by atoms with Gasteiger partial charge in [0.05, 0.1) is 0 Å². The molecule has 2 heteroatoms. The Balaban J connectivity index is 3.03. The molecule has 14 heavy (non-hydrogen) atoms. The average Bonchev–Trinajstić information content (AvgIpc) is 2.07. The van der Waals surface area contributed by atoms with Crippen molar-refractivity contribution in [3.63, 3.8) is 0 Å². The first-order valence-electron chi connectivity index (χ1n) is 4.87. The van der Waals surface area contributed by atoms with Gasteiger partial charge < -0.3 is 5.73 Å². The zero-order valence-corrected chi connectivity index (χ0v) is 9.26. The maximum Gasteiger partial charge on any atom is 0.126 e. The van der Waals surface area contributed by atoms with Gasteiger partial charge in [0.25, 0.3) is 0 Å². The first-order chi connectivity index (χ1) is 6.32. The third-order valence-corrected chi connectivity index (χ3v) is 2.80. The molecule has 0 radical (unpaired) electrons. The van der Waals surface area contributed by atoms with Crippen LogP contribution in [0.4, 0.5) is 4.39 Å². The zero-order chi connectivity index (χ0) is 10.9. The maximum absolute atomic E-state index is 13.0. The second kappa shape index (κ2) is 3.70. The molecule has 1 rings (SSSR count). The molecule has 0 aliphatic rings. The molecular weight excluding hydrogens is 177 g/mol. The molecule has 1 aromatic rings. The quantitative estimate of drug-likeness (QED) is 0.771. The highest BCUT2D eigenvalue weighted by Crippen LogP contribution is 2.26. The third-order valence-electron chi connectivity index (χ3n) is 2.80. The Labute approximate surface area is 85.1 Å². The van der Waals surface area contributed by atoms with E-state index < -0.39 is 0 Å². The molecule has 0 aliphatic heterocycles. The second-order valence-corrected chi connectivity index (χ2v) is 4.55. The van der Waals surface area contributed by atoms with Gasteiger partial charge in [0, 0.05) is 5.54 Å². The molecule has 1 atom stereocenters. The first-order valence-corrected chi connectivity index (χ1v) is 4.87. The number of rotatable bonds is 2. The Morgan fingerprint density at radius 2 is 1.93 bits per heavy atom. The fourth-order valence-corrected chi connectivity index (χ4v) is 1.37. The SMILES string of the molecule is Cc1cc(C(C)C(C)(C)N)ccc1F. The standard InChI is InChI=1S/C12H18FN/c1-8-7-10(5-6-11(8)13)9(2)12(3,4)14/h5-7,9H,14H2,1-4H3. The van der Waals surface area contributed by atoms with Gasteiger partial charge >= 0.3 is 0 Å². The molecule has 0 aromatic heterocycles. The Morgan fingerprint density at radius 3 is 2.36 bits per heavy atom. The molecule has 0 bridgehead atoms. The summed E-state index contributed by atoms with van der Waals surface area (Å²) in [5.41, 5.74) is 7.50. The molecule has 2 N–H and O–H groups in total. The van der Waals surface area contributed by atoms with Gasteiger partial charge in [-0.3, -0.25) is 0 Å². The van der Waals surface area contributed by atoms with Gasteiger partial charge in [0.2, 0.25) is 0 Å². The molecule has 1 unspecified atom stereocenters. The molecule has 0 saturated carbocycles. The molecule has 0 fully saturated rings. The summed E-state index contributed by atoms with van der Waals surface area (Å²) in [5, 5.41) is 0. The van der Waals surface area contributed by atoms with E-state index in [2.05, 4.69) is 6.92 Å². The molecule has 78 valence electrons. The molecular formula is C12H18FN. The van der Waals surface area contributed by atoms with Crippen LogP contribution in [0.25, 0.3) is 0 Å². The number of aryl methyl sites for hydroxylation is 1.